The van der Waals surface area contributed by atoms with Crippen LogP contribution in [0.25, 0.3) is 5.57 Å². The van der Waals surface area contributed by atoms with Crippen LogP contribution in [-0.2, 0) is 4.74 Å². The van der Waals surface area contributed by atoms with Gasteiger partial charge in [-0.15, -0.1) is 0 Å². The maximum Gasteiger partial charge on any atom is 0.128 e. The molecule has 0 spiro atoms. The van der Waals surface area contributed by atoms with Crippen LogP contribution in [0.1, 0.15) is 37.8 Å². The molecular formula is C16H21O2. The molecule has 0 bridgehead atoms. The second-order valence-corrected chi connectivity index (χ2v) is 5.30. The molecule has 0 atom stereocenters. The van der Waals surface area contributed by atoms with Crippen LogP contribution in [0.4, 0.5) is 0 Å². The molecule has 2 heteroatoms. The molecule has 0 N–H and O–H groups in total. The molecule has 1 radical (unpaired) electrons. The van der Waals surface area contributed by atoms with Crippen molar-refractivity contribution in [3.63, 3.8) is 0 Å². The van der Waals surface area contributed by atoms with Gasteiger partial charge in [-0.3, -0.25) is 0 Å². The van der Waals surface area contributed by atoms with Crippen LogP contribution in [0.5, 0.6) is 5.75 Å². The van der Waals surface area contributed by atoms with Crippen LogP contribution in [-0.4, -0.2) is 19.3 Å². The molecule has 97 valence electrons. The van der Waals surface area contributed by atoms with Crippen molar-refractivity contribution in [2.24, 2.45) is 0 Å². The van der Waals surface area contributed by atoms with Gasteiger partial charge in [0, 0.05) is 19.3 Å². The first-order valence-corrected chi connectivity index (χ1v) is 6.38. The maximum atomic E-state index is 5.98. The van der Waals surface area contributed by atoms with Crippen molar-refractivity contribution < 1.29 is 9.47 Å². The molecule has 1 aliphatic rings. The summed E-state index contributed by atoms with van der Waals surface area (Å²) in [6, 6.07) is 6.11. The SMILES string of the molecule is [CH2]c1ccc2c(c1)C(CCCOC)=CC(C)(C)O2. The second-order valence-electron chi connectivity index (χ2n) is 5.30. The Balaban J connectivity index is 2.30. The maximum absolute atomic E-state index is 5.98. The molecule has 0 unspecified atom stereocenters. The lowest BCUT2D eigenvalue weighted by molar-refractivity contribution is 0.157. The van der Waals surface area contributed by atoms with Crippen LogP contribution in [0.15, 0.2) is 24.3 Å². The molecule has 0 fully saturated rings. The third kappa shape index (κ3) is 2.94. The summed E-state index contributed by atoms with van der Waals surface area (Å²) >= 11 is 0. The lowest BCUT2D eigenvalue weighted by Crippen LogP contribution is -2.29. The van der Waals surface area contributed by atoms with Crippen molar-refractivity contribution in [3.8, 4) is 5.75 Å². The summed E-state index contributed by atoms with van der Waals surface area (Å²) in [7, 11) is 1.74. The molecule has 0 aliphatic carbocycles. The van der Waals surface area contributed by atoms with Gasteiger partial charge in [0.1, 0.15) is 11.4 Å². The molecule has 2 rings (SSSR count). The van der Waals surface area contributed by atoms with Gasteiger partial charge in [-0.2, -0.15) is 0 Å². The summed E-state index contributed by atoms with van der Waals surface area (Å²) in [5.74, 6) is 0.960. The highest BCUT2D eigenvalue weighted by Crippen LogP contribution is 2.38. The van der Waals surface area contributed by atoms with Gasteiger partial charge >= 0.3 is 0 Å². The normalized spacial score (nSPS) is 16.8. The Morgan fingerprint density at radius 1 is 1.33 bits per heavy atom. The number of hydrogen-bond acceptors (Lipinski definition) is 2. The van der Waals surface area contributed by atoms with Crippen LogP contribution in [0, 0.1) is 6.92 Å². The van der Waals surface area contributed by atoms with Crippen LogP contribution < -0.4 is 4.74 Å². The fourth-order valence-corrected chi connectivity index (χ4v) is 2.34. The van der Waals surface area contributed by atoms with E-state index in [1.165, 1.54) is 11.1 Å². The Bertz CT molecular complexity index is 458. The van der Waals surface area contributed by atoms with Crippen molar-refractivity contribution in [2.45, 2.75) is 32.3 Å². The van der Waals surface area contributed by atoms with Crippen molar-refractivity contribution in [2.75, 3.05) is 13.7 Å². The van der Waals surface area contributed by atoms with Gasteiger partial charge in [-0.05, 0) is 63.0 Å². The number of allylic oxidation sites excluding steroid dienone is 1. The van der Waals surface area contributed by atoms with Crippen molar-refractivity contribution in [3.05, 3.63) is 42.3 Å². The fraction of sp³-hybridized carbons (Fsp3) is 0.438. The molecular weight excluding hydrogens is 224 g/mol. The number of rotatable bonds is 4. The summed E-state index contributed by atoms with van der Waals surface area (Å²) in [6.45, 7) is 8.95. The highest BCUT2D eigenvalue weighted by Gasteiger charge is 2.25. The summed E-state index contributed by atoms with van der Waals surface area (Å²) < 4.78 is 11.1. The minimum Gasteiger partial charge on any atom is -0.483 e. The smallest absolute Gasteiger partial charge is 0.128 e. The first kappa shape index (κ1) is 13.2. The molecule has 18 heavy (non-hydrogen) atoms. The standard InChI is InChI=1S/C16H21O2/c1-12-7-8-15-14(10-12)13(6-5-9-17-4)11-16(2,3)18-15/h7-8,10-11H,1,5-6,9H2,2-4H3. The van der Waals surface area contributed by atoms with E-state index in [4.69, 9.17) is 9.47 Å². The zero-order chi connectivity index (χ0) is 13.2. The van der Waals surface area contributed by atoms with E-state index in [1.54, 1.807) is 7.11 Å². The Labute approximate surface area is 110 Å². The Hall–Kier alpha value is -1.28. The molecule has 1 aromatic rings. The zero-order valence-corrected chi connectivity index (χ0v) is 11.5. The molecule has 0 saturated heterocycles. The number of hydrogen-bond donors (Lipinski definition) is 0. The van der Waals surface area contributed by atoms with Crippen LogP contribution in [0.2, 0.25) is 0 Å². The number of fused-ring (bicyclic) bond motifs is 1. The molecule has 1 heterocycles. The summed E-state index contributed by atoms with van der Waals surface area (Å²) in [6.07, 6.45) is 4.25. The molecule has 1 aromatic carbocycles. The van der Waals surface area contributed by atoms with Gasteiger partial charge in [0.2, 0.25) is 0 Å². The summed E-state index contributed by atoms with van der Waals surface area (Å²) in [4.78, 5) is 0. The molecule has 1 aliphatic heterocycles. The van der Waals surface area contributed by atoms with E-state index in [2.05, 4.69) is 32.9 Å². The lowest BCUT2D eigenvalue weighted by Gasteiger charge is -2.31. The average Bonchev–Trinajstić information content (AvgIpc) is 2.29. The first-order valence-electron chi connectivity index (χ1n) is 6.38. The van der Waals surface area contributed by atoms with E-state index in [0.717, 1.165) is 30.8 Å². The summed E-state index contributed by atoms with van der Waals surface area (Å²) in [5, 5.41) is 0. The Morgan fingerprint density at radius 2 is 2.11 bits per heavy atom. The highest BCUT2D eigenvalue weighted by atomic mass is 16.5. The molecule has 0 aromatic heterocycles. The van der Waals surface area contributed by atoms with Gasteiger partial charge in [-0.1, -0.05) is 6.07 Å². The fourth-order valence-electron chi connectivity index (χ4n) is 2.34. The van der Waals surface area contributed by atoms with Gasteiger partial charge in [0.05, 0.1) is 0 Å². The summed E-state index contributed by atoms with van der Waals surface area (Å²) in [5.41, 5.74) is 3.30. The second kappa shape index (κ2) is 5.15. The van der Waals surface area contributed by atoms with E-state index in [-0.39, 0.29) is 5.60 Å². The number of ether oxygens (including phenoxy) is 2. The van der Waals surface area contributed by atoms with E-state index < -0.39 is 0 Å². The minimum absolute atomic E-state index is 0.238. The number of methoxy groups -OCH3 is 1. The van der Waals surface area contributed by atoms with Gasteiger partial charge in [0.15, 0.2) is 0 Å². The van der Waals surface area contributed by atoms with Crippen molar-refractivity contribution >= 4 is 5.57 Å². The molecule has 0 amide bonds. The first-order chi connectivity index (χ1) is 8.52. The monoisotopic (exact) mass is 245 g/mol. The van der Waals surface area contributed by atoms with E-state index >= 15 is 0 Å². The third-order valence-electron chi connectivity index (χ3n) is 3.08. The van der Waals surface area contributed by atoms with E-state index in [0.29, 0.717) is 0 Å². The minimum atomic E-state index is -0.238. The molecule has 2 nitrogen and oxygen atoms in total. The van der Waals surface area contributed by atoms with Gasteiger partial charge < -0.3 is 9.47 Å². The van der Waals surface area contributed by atoms with Crippen molar-refractivity contribution in [1.29, 1.82) is 0 Å². The lowest BCUT2D eigenvalue weighted by atomic mass is 9.91. The van der Waals surface area contributed by atoms with Gasteiger partial charge in [0.25, 0.3) is 0 Å². The highest BCUT2D eigenvalue weighted by molar-refractivity contribution is 5.74. The predicted octanol–water partition coefficient (Wildman–Crippen LogP) is 3.85. The average molecular weight is 245 g/mol. The predicted molar refractivity (Wildman–Crippen MR) is 74.7 cm³/mol. The number of benzene rings is 1. The third-order valence-corrected chi connectivity index (χ3v) is 3.08. The Morgan fingerprint density at radius 3 is 2.83 bits per heavy atom. The quantitative estimate of drug-likeness (QED) is 0.750. The largest absolute Gasteiger partial charge is 0.483 e. The van der Waals surface area contributed by atoms with Crippen molar-refractivity contribution in [1.82, 2.24) is 0 Å². The molecule has 0 saturated carbocycles. The van der Waals surface area contributed by atoms with Crippen LogP contribution in [0.3, 0.4) is 0 Å². The van der Waals surface area contributed by atoms with Crippen LogP contribution >= 0.6 is 0 Å². The Kier molecular flexibility index (Phi) is 3.76. The zero-order valence-electron chi connectivity index (χ0n) is 11.5. The topological polar surface area (TPSA) is 18.5 Å². The van der Waals surface area contributed by atoms with E-state index in [1.807, 2.05) is 12.1 Å². The van der Waals surface area contributed by atoms with E-state index in [9.17, 15) is 0 Å². The van der Waals surface area contributed by atoms with Gasteiger partial charge in [-0.25, -0.2) is 0 Å².